The van der Waals surface area contributed by atoms with Crippen LogP contribution in [0, 0.1) is 11.3 Å². The van der Waals surface area contributed by atoms with Gasteiger partial charge < -0.3 is 14.7 Å². The maximum Gasteiger partial charge on any atom is 0.144 e. The van der Waals surface area contributed by atoms with Crippen molar-refractivity contribution < 1.29 is 0 Å². The summed E-state index contributed by atoms with van der Waals surface area (Å²) in [6, 6.07) is 7.18. The van der Waals surface area contributed by atoms with Gasteiger partial charge >= 0.3 is 0 Å². The first-order chi connectivity index (χ1) is 13.2. The number of anilines is 2. The zero-order valence-electron chi connectivity index (χ0n) is 16.6. The highest BCUT2D eigenvalue weighted by Crippen LogP contribution is 2.26. The molecule has 0 aliphatic carbocycles. The van der Waals surface area contributed by atoms with Crippen molar-refractivity contribution in [1.82, 2.24) is 14.8 Å². The molecule has 3 fully saturated rings. The van der Waals surface area contributed by atoms with Crippen LogP contribution in [0.15, 0.2) is 12.1 Å². The Morgan fingerprint density at radius 1 is 0.889 bits per heavy atom. The average molecular weight is 369 g/mol. The Balaban J connectivity index is 1.42. The molecule has 146 valence electrons. The van der Waals surface area contributed by atoms with Gasteiger partial charge in [0, 0.05) is 57.1 Å². The van der Waals surface area contributed by atoms with Gasteiger partial charge in [-0.1, -0.05) is 0 Å². The minimum absolute atomic E-state index is 0.547. The maximum atomic E-state index is 9.46. The van der Waals surface area contributed by atoms with Crippen LogP contribution in [-0.2, 0) is 0 Å². The molecule has 1 aromatic rings. The lowest BCUT2D eigenvalue weighted by molar-refractivity contribution is 0.115. The van der Waals surface area contributed by atoms with Gasteiger partial charge in [-0.15, -0.1) is 0 Å². The highest BCUT2D eigenvalue weighted by Gasteiger charge is 2.27. The van der Waals surface area contributed by atoms with Crippen LogP contribution < -0.4 is 9.80 Å². The van der Waals surface area contributed by atoms with E-state index in [-0.39, 0.29) is 0 Å². The lowest BCUT2D eigenvalue weighted by atomic mass is 10.0. The third kappa shape index (κ3) is 4.36. The molecular weight excluding hydrogens is 336 g/mol. The van der Waals surface area contributed by atoms with Gasteiger partial charge in [-0.2, -0.15) is 5.26 Å². The minimum atomic E-state index is 0.547. The van der Waals surface area contributed by atoms with Crippen LogP contribution in [-0.4, -0.2) is 80.2 Å². The molecule has 4 rings (SSSR count). The van der Waals surface area contributed by atoms with E-state index in [0.29, 0.717) is 5.69 Å². The summed E-state index contributed by atoms with van der Waals surface area (Å²) in [5.74, 6) is 0.984. The number of hydrogen-bond acceptors (Lipinski definition) is 6. The van der Waals surface area contributed by atoms with Crippen LogP contribution in [0.2, 0.25) is 0 Å². The Kier molecular flexibility index (Phi) is 5.80. The molecule has 4 heterocycles. The molecule has 3 aliphatic heterocycles. The lowest BCUT2D eigenvalue weighted by Crippen LogP contribution is -2.53. The molecule has 0 bridgehead atoms. The van der Waals surface area contributed by atoms with E-state index in [4.69, 9.17) is 0 Å². The van der Waals surface area contributed by atoms with E-state index >= 15 is 0 Å². The molecule has 0 saturated carbocycles. The number of likely N-dealkylation sites (tertiary alicyclic amines) is 1. The summed E-state index contributed by atoms with van der Waals surface area (Å²) in [6.45, 7) is 8.85. The Labute approximate surface area is 163 Å². The summed E-state index contributed by atoms with van der Waals surface area (Å²) in [4.78, 5) is 14.5. The van der Waals surface area contributed by atoms with E-state index in [1.54, 1.807) is 0 Å². The Morgan fingerprint density at radius 2 is 1.59 bits per heavy atom. The van der Waals surface area contributed by atoms with E-state index in [1.807, 2.05) is 6.07 Å². The SMILES string of the molecule is CN1CCC(N2CCN(c3cc(N4CCCCC4)cc(C#N)n3)CC2)CC1. The zero-order valence-corrected chi connectivity index (χ0v) is 16.6. The average Bonchev–Trinajstić information content (AvgIpc) is 2.75. The Bertz CT molecular complexity index is 662. The minimum Gasteiger partial charge on any atom is -0.371 e. The van der Waals surface area contributed by atoms with Gasteiger partial charge in [-0.3, -0.25) is 4.90 Å². The second kappa shape index (κ2) is 8.45. The molecule has 6 heteroatoms. The van der Waals surface area contributed by atoms with Gasteiger partial charge in [0.25, 0.3) is 0 Å². The quantitative estimate of drug-likeness (QED) is 0.815. The van der Waals surface area contributed by atoms with Crippen molar-refractivity contribution in [2.24, 2.45) is 0 Å². The molecular formula is C21H32N6. The molecule has 6 nitrogen and oxygen atoms in total. The molecule has 0 aromatic carbocycles. The Hall–Kier alpha value is -1.84. The van der Waals surface area contributed by atoms with Crippen LogP contribution in [0.3, 0.4) is 0 Å². The van der Waals surface area contributed by atoms with Gasteiger partial charge in [-0.25, -0.2) is 4.98 Å². The normalized spacial score (nSPS) is 23.4. The van der Waals surface area contributed by atoms with Crippen LogP contribution in [0.5, 0.6) is 0 Å². The third-order valence-electron chi connectivity index (χ3n) is 6.48. The van der Waals surface area contributed by atoms with Crippen molar-refractivity contribution in [3.8, 4) is 6.07 Å². The summed E-state index contributed by atoms with van der Waals surface area (Å²) in [6.07, 6.45) is 6.39. The highest BCUT2D eigenvalue weighted by molar-refractivity contribution is 5.58. The van der Waals surface area contributed by atoms with Crippen molar-refractivity contribution in [3.05, 3.63) is 17.8 Å². The highest BCUT2D eigenvalue weighted by atomic mass is 15.3. The number of piperazine rings is 1. The summed E-state index contributed by atoms with van der Waals surface area (Å²) >= 11 is 0. The smallest absolute Gasteiger partial charge is 0.144 e. The predicted octanol–water partition coefficient (Wildman–Crippen LogP) is 2.16. The molecule has 27 heavy (non-hydrogen) atoms. The lowest BCUT2D eigenvalue weighted by Gasteiger charge is -2.42. The first-order valence-electron chi connectivity index (χ1n) is 10.6. The molecule has 1 aromatic heterocycles. The van der Waals surface area contributed by atoms with Crippen LogP contribution in [0.1, 0.15) is 37.8 Å². The predicted molar refractivity (Wildman–Crippen MR) is 109 cm³/mol. The fraction of sp³-hybridized carbons (Fsp3) is 0.714. The van der Waals surface area contributed by atoms with E-state index in [9.17, 15) is 5.26 Å². The molecule has 0 atom stereocenters. The van der Waals surface area contributed by atoms with Crippen molar-refractivity contribution >= 4 is 11.5 Å². The first kappa shape index (κ1) is 18.5. The van der Waals surface area contributed by atoms with Crippen molar-refractivity contribution in [3.63, 3.8) is 0 Å². The molecule has 3 aliphatic rings. The number of pyridine rings is 1. The summed E-state index contributed by atoms with van der Waals surface area (Å²) in [5, 5.41) is 9.46. The summed E-state index contributed by atoms with van der Waals surface area (Å²) in [5.41, 5.74) is 1.72. The second-order valence-corrected chi connectivity index (χ2v) is 8.29. The number of nitriles is 1. The number of rotatable bonds is 3. The number of nitrogens with zero attached hydrogens (tertiary/aromatic N) is 6. The molecule has 0 N–H and O–H groups in total. The standard InChI is InChI=1S/C21H32N6/c1-24-9-5-19(6-10-24)26-11-13-27(14-12-26)21-16-20(15-18(17-22)23-21)25-7-3-2-4-8-25/h15-16,19H,2-14H2,1H3. The maximum absolute atomic E-state index is 9.46. The van der Waals surface area contributed by atoms with Gasteiger partial charge in [0.1, 0.15) is 17.6 Å². The van der Waals surface area contributed by atoms with Gasteiger partial charge in [0.2, 0.25) is 0 Å². The number of hydrogen-bond donors (Lipinski definition) is 0. The molecule has 3 saturated heterocycles. The van der Waals surface area contributed by atoms with Crippen LogP contribution in [0.4, 0.5) is 11.5 Å². The van der Waals surface area contributed by atoms with E-state index in [2.05, 4.69) is 43.8 Å². The monoisotopic (exact) mass is 368 g/mol. The van der Waals surface area contributed by atoms with Crippen molar-refractivity contribution in [1.29, 1.82) is 5.26 Å². The van der Waals surface area contributed by atoms with Crippen molar-refractivity contribution in [2.45, 2.75) is 38.1 Å². The molecule has 0 unspecified atom stereocenters. The largest absolute Gasteiger partial charge is 0.371 e. The zero-order chi connectivity index (χ0) is 18.6. The third-order valence-corrected chi connectivity index (χ3v) is 6.48. The molecule has 0 radical (unpaired) electrons. The topological polar surface area (TPSA) is 49.6 Å². The van der Waals surface area contributed by atoms with E-state index < -0.39 is 0 Å². The second-order valence-electron chi connectivity index (χ2n) is 8.29. The summed E-state index contributed by atoms with van der Waals surface area (Å²) < 4.78 is 0. The first-order valence-corrected chi connectivity index (χ1v) is 10.6. The fourth-order valence-electron chi connectivity index (χ4n) is 4.73. The van der Waals surface area contributed by atoms with Crippen molar-refractivity contribution in [2.75, 3.05) is 69.2 Å². The van der Waals surface area contributed by atoms with Gasteiger partial charge in [-0.05, 0) is 58.3 Å². The number of aromatic nitrogens is 1. The fourth-order valence-corrected chi connectivity index (χ4v) is 4.73. The van der Waals surface area contributed by atoms with E-state index in [0.717, 1.165) is 51.1 Å². The number of piperidine rings is 2. The van der Waals surface area contributed by atoms with Gasteiger partial charge in [0.15, 0.2) is 0 Å². The van der Waals surface area contributed by atoms with Crippen LogP contribution >= 0.6 is 0 Å². The molecule has 0 amide bonds. The Morgan fingerprint density at radius 3 is 2.26 bits per heavy atom. The molecule has 0 spiro atoms. The van der Waals surface area contributed by atoms with E-state index in [1.165, 1.54) is 50.9 Å². The van der Waals surface area contributed by atoms with Gasteiger partial charge in [0.05, 0.1) is 0 Å². The summed E-state index contributed by atoms with van der Waals surface area (Å²) in [7, 11) is 2.22. The van der Waals surface area contributed by atoms with Crippen LogP contribution in [0.25, 0.3) is 0 Å².